The van der Waals surface area contributed by atoms with E-state index in [1.54, 1.807) is 17.1 Å². The number of hydrogen-bond donors (Lipinski definition) is 2. The molecule has 5 nitrogen and oxygen atoms in total. The van der Waals surface area contributed by atoms with Gasteiger partial charge in [-0.05, 0) is 19.3 Å². The predicted octanol–water partition coefficient (Wildman–Crippen LogP) is 1.75. The highest BCUT2D eigenvalue weighted by atomic mass is 16.2. The van der Waals surface area contributed by atoms with Crippen molar-refractivity contribution in [2.24, 2.45) is 18.7 Å². The summed E-state index contributed by atoms with van der Waals surface area (Å²) in [4.78, 5) is 12.0. The second kappa shape index (κ2) is 7.28. The van der Waals surface area contributed by atoms with Gasteiger partial charge in [0, 0.05) is 24.8 Å². The predicted molar refractivity (Wildman–Crippen MR) is 76.4 cm³/mol. The number of carbonyl (C=O) groups excluding carboxylic acids is 1. The van der Waals surface area contributed by atoms with Crippen molar-refractivity contribution in [3.63, 3.8) is 0 Å². The Morgan fingerprint density at radius 2 is 2.11 bits per heavy atom. The zero-order chi connectivity index (χ0) is 14.4. The van der Waals surface area contributed by atoms with Crippen molar-refractivity contribution >= 4 is 5.91 Å². The maximum Gasteiger partial charge on any atom is 0.241 e. The van der Waals surface area contributed by atoms with Crippen molar-refractivity contribution in [1.29, 1.82) is 0 Å². The molecule has 1 rings (SSSR count). The second-order valence-corrected chi connectivity index (χ2v) is 5.66. The molecule has 0 aliphatic heterocycles. The minimum atomic E-state index is -0.638. The fourth-order valence-electron chi connectivity index (χ4n) is 1.99. The molecule has 5 heteroatoms. The van der Waals surface area contributed by atoms with Gasteiger partial charge < -0.3 is 11.1 Å². The van der Waals surface area contributed by atoms with Crippen LogP contribution < -0.4 is 11.1 Å². The normalized spacial score (nSPS) is 14.4. The molecule has 1 aromatic heterocycles. The van der Waals surface area contributed by atoms with E-state index in [0.717, 1.165) is 18.4 Å². The highest BCUT2D eigenvalue weighted by Gasteiger charge is 2.18. The monoisotopic (exact) mass is 266 g/mol. The maximum atomic E-state index is 12.0. The SMILES string of the molecule is CC(C)CCCC(C)NC(=O)C(N)c1cnn(C)c1. The Bertz CT molecular complexity index is 400. The van der Waals surface area contributed by atoms with Crippen LogP contribution in [-0.2, 0) is 11.8 Å². The van der Waals surface area contributed by atoms with Crippen LogP contribution in [0.15, 0.2) is 12.4 Å². The van der Waals surface area contributed by atoms with Crippen LogP contribution in [0.1, 0.15) is 51.6 Å². The van der Waals surface area contributed by atoms with Crippen molar-refractivity contribution in [3.8, 4) is 0 Å². The number of rotatable bonds is 7. The molecular weight excluding hydrogens is 240 g/mol. The number of aryl methyl sites for hydroxylation is 1. The van der Waals surface area contributed by atoms with Crippen LogP contribution in [0.4, 0.5) is 0 Å². The average Bonchev–Trinajstić information content (AvgIpc) is 2.74. The largest absolute Gasteiger partial charge is 0.352 e. The van der Waals surface area contributed by atoms with Crippen LogP contribution in [0.25, 0.3) is 0 Å². The topological polar surface area (TPSA) is 72.9 Å². The molecule has 0 saturated heterocycles. The Kier molecular flexibility index (Phi) is 6.02. The van der Waals surface area contributed by atoms with E-state index < -0.39 is 6.04 Å². The molecule has 108 valence electrons. The average molecular weight is 266 g/mol. The van der Waals surface area contributed by atoms with E-state index in [1.165, 1.54) is 6.42 Å². The van der Waals surface area contributed by atoms with E-state index in [4.69, 9.17) is 5.73 Å². The molecule has 1 amide bonds. The number of nitrogens with zero attached hydrogens (tertiary/aromatic N) is 2. The van der Waals surface area contributed by atoms with Gasteiger partial charge >= 0.3 is 0 Å². The van der Waals surface area contributed by atoms with Crippen LogP contribution >= 0.6 is 0 Å². The minimum absolute atomic E-state index is 0.134. The lowest BCUT2D eigenvalue weighted by Gasteiger charge is -2.17. The maximum absolute atomic E-state index is 12.0. The molecule has 0 saturated carbocycles. The highest BCUT2D eigenvalue weighted by molar-refractivity contribution is 5.82. The molecule has 0 spiro atoms. The summed E-state index contributed by atoms with van der Waals surface area (Å²) in [7, 11) is 1.81. The lowest BCUT2D eigenvalue weighted by molar-refractivity contribution is -0.123. The Balaban J connectivity index is 2.37. The van der Waals surface area contributed by atoms with Crippen molar-refractivity contribution < 1.29 is 4.79 Å². The highest BCUT2D eigenvalue weighted by Crippen LogP contribution is 2.11. The number of nitrogens with one attached hydrogen (secondary N) is 1. The van der Waals surface area contributed by atoms with Crippen molar-refractivity contribution in [2.45, 2.75) is 52.1 Å². The first kappa shape index (κ1) is 15.7. The third-order valence-electron chi connectivity index (χ3n) is 3.17. The molecule has 3 N–H and O–H groups in total. The molecule has 0 bridgehead atoms. The Morgan fingerprint density at radius 1 is 1.42 bits per heavy atom. The van der Waals surface area contributed by atoms with Crippen LogP contribution in [0.2, 0.25) is 0 Å². The Morgan fingerprint density at radius 3 is 2.63 bits per heavy atom. The fourth-order valence-corrected chi connectivity index (χ4v) is 1.99. The lowest BCUT2D eigenvalue weighted by atomic mass is 10.0. The van der Waals surface area contributed by atoms with E-state index in [0.29, 0.717) is 5.92 Å². The summed E-state index contributed by atoms with van der Waals surface area (Å²) in [5.41, 5.74) is 6.66. The van der Waals surface area contributed by atoms with Gasteiger partial charge in [-0.2, -0.15) is 5.10 Å². The quantitative estimate of drug-likeness (QED) is 0.789. The number of nitrogens with two attached hydrogens (primary N) is 1. The van der Waals surface area contributed by atoms with Gasteiger partial charge in [0.1, 0.15) is 6.04 Å². The molecule has 0 fully saturated rings. The first-order valence-electron chi connectivity index (χ1n) is 6.94. The Hall–Kier alpha value is -1.36. The molecule has 19 heavy (non-hydrogen) atoms. The first-order valence-corrected chi connectivity index (χ1v) is 6.94. The molecular formula is C14H26N4O. The standard InChI is InChI=1S/C14H26N4O/c1-10(2)6-5-7-11(3)17-14(19)13(15)12-8-16-18(4)9-12/h8-11,13H,5-7,15H2,1-4H3,(H,17,19). The molecule has 2 unspecified atom stereocenters. The summed E-state index contributed by atoms with van der Waals surface area (Å²) in [5, 5.41) is 6.99. The Labute approximate surface area is 115 Å². The minimum Gasteiger partial charge on any atom is -0.352 e. The van der Waals surface area contributed by atoms with Crippen LogP contribution in [0.3, 0.4) is 0 Å². The van der Waals surface area contributed by atoms with Gasteiger partial charge in [0.2, 0.25) is 5.91 Å². The smallest absolute Gasteiger partial charge is 0.241 e. The molecule has 2 atom stereocenters. The number of amides is 1. The molecule has 0 aliphatic rings. The summed E-state index contributed by atoms with van der Waals surface area (Å²) in [6.07, 6.45) is 6.71. The van der Waals surface area contributed by atoms with E-state index in [9.17, 15) is 4.79 Å². The van der Waals surface area contributed by atoms with Gasteiger partial charge in [-0.25, -0.2) is 0 Å². The first-order chi connectivity index (χ1) is 8.90. The zero-order valence-electron chi connectivity index (χ0n) is 12.4. The fraction of sp³-hybridized carbons (Fsp3) is 0.714. The van der Waals surface area contributed by atoms with Gasteiger partial charge in [0.25, 0.3) is 0 Å². The van der Waals surface area contributed by atoms with Gasteiger partial charge in [0.05, 0.1) is 6.20 Å². The van der Waals surface area contributed by atoms with Crippen molar-refractivity contribution in [2.75, 3.05) is 0 Å². The summed E-state index contributed by atoms with van der Waals surface area (Å²) in [6, 6.07) is -0.477. The number of carbonyl (C=O) groups is 1. The van der Waals surface area contributed by atoms with Crippen molar-refractivity contribution in [3.05, 3.63) is 18.0 Å². The van der Waals surface area contributed by atoms with Crippen molar-refractivity contribution in [1.82, 2.24) is 15.1 Å². The third-order valence-corrected chi connectivity index (χ3v) is 3.17. The van der Waals surface area contributed by atoms with Gasteiger partial charge in [0.15, 0.2) is 0 Å². The molecule has 0 aromatic carbocycles. The molecule has 1 aromatic rings. The molecule has 0 radical (unpaired) electrons. The van der Waals surface area contributed by atoms with Gasteiger partial charge in [-0.15, -0.1) is 0 Å². The van der Waals surface area contributed by atoms with E-state index >= 15 is 0 Å². The van der Waals surface area contributed by atoms with E-state index in [1.807, 2.05) is 14.0 Å². The van der Waals surface area contributed by atoms with Gasteiger partial charge in [-0.1, -0.05) is 26.7 Å². The van der Waals surface area contributed by atoms with Crippen LogP contribution in [0, 0.1) is 5.92 Å². The summed E-state index contributed by atoms with van der Waals surface area (Å²) >= 11 is 0. The molecule has 0 aliphatic carbocycles. The summed E-state index contributed by atoms with van der Waals surface area (Å²) in [6.45, 7) is 6.44. The second-order valence-electron chi connectivity index (χ2n) is 5.66. The zero-order valence-corrected chi connectivity index (χ0v) is 12.4. The van der Waals surface area contributed by atoms with E-state index in [-0.39, 0.29) is 11.9 Å². The van der Waals surface area contributed by atoms with E-state index in [2.05, 4.69) is 24.3 Å². The van der Waals surface area contributed by atoms with Crippen LogP contribution in [0.5, 0.6) is 0 Å². The lowest BCUT2D eigenvalue weighted by Crippen LogP contribution is -2.39. The number of hydrogen-bond acceptors (Lipinski definition) is 3. The van der Waals surface area contributed by atoms with Gasteiger partial charge in [-0.3, -0.25) is 9.48 Å². The summed E-state index contributed by atoms with van der Waals surface area (Å²) < 4.78 is 1.65. The van der Waals surface area contributed by atoms with Crippen LogP contribution in [-0.4, -0.2) is 21.7 Å². The number of aromatic nitrogens is 2. The summed E-state index contributed by atoms with van der Waals surface area (Å²) in [5.74, 6) is 0.575. The molecule has 1 heterocycles. The third kappa shape index (κ3) is 5.42.